The van der Waals surface area contributed by atoms with Crippen molar-refractivity contribution in [2.45, 2.75) is 80.2 Å². The van der Waals surface area contributed by atoms with Crippen LogP contribution in [0.4, 0.5) is 0 Å². The Morgan fingerprint density at radius 3 is 2.12 bits per heavy atom. The summed E-state index contributed by atoms with van der Waals surface area (Å²) in [5.41, 5.74) is 1.14. The summed E-state index contributed by atoms with van der Waals surface area (Å²) >= 11 is 0. The van der Waals surface area contributed by atoms with Crippen molar-refractivity contribution in [1.82, 2.24) is 15.0 Å². The van der Waals surface area contributed by atoms with Crippen LogP contribution in [0.2, 0.25) is 0 Å². The summed E-state index contributed by atoms with van der Waals surface area (Å²) in [6, 6.07) is 0. The van der Waals surface area contributed by atoms with E-state index >= 15 is 0 Å². The molecule has 0 unspecified atom stereocenters. The van der Waals surface area contributed by atoms with Gasteiger partial charge in [-0.25, -0.2) is 0 Å². The third kappa shape index (κ3) is 10.0. The van der Waals surface area contributed by atoms with E-state index < -0.39 is 0 Å². The van der Waals surface area contributed by atoms with Crippen molar-refractivity contribution < 1.29 is 0 Å². The zero-order valence-electron chi connectivity index (χ0n) is 12.7. The maximum atomic E-state index is 4.12. The first-order chi connectivity index (χ1) is 8.36. The van der Waals surface area contributed by atoms with E-state index in [4.69, 9.17) is 0 Å². The number of unbranched alkanes of at least 4 members (excludes halogenated alkanes) is 2. The summed E-state index contributed by atoms with van der Waals surface area (Å²) in [5, 5.41) is 8.19. The minimum absolute atomic E-state index is 1.01. The molecule has 3 heteroatoms. The highest BCUT2D eigenvalue weighted by atomic mass is 15.4. The van der Waals surface area contributed by atoms with Crippen molar-refractivity contribution >= 4 is 0 Å². The van der Waals surface area contributed by atoms with E-state index in [0.29, 0.717) is 0 Å². The normalized spacial score (nSPS) is 8.82. The molecule has 0 atom stereocenters. The summed E-state index contributed by atoms with van der Waals surface area (Å²) in [4.78, 5) is 0. The first-order valence-corrected chi connectivity index (χ1v) is 7.25. The fourth-order valence-corrected chi connectivity index (χ4v) is 1.24. The Bertz CT molecular complexity index is 209. The van der Waals surface area contributed by atoms with Gasteiger partial charge in [0.25, 0.3) is 0 Å². The van der Waals surface area contributed by atoms with Crippen LogP contribution in [-0.2, 0) is 13.0 Å². The van der Waals surface area contributed by atoms with Gasteiger partial charge in [0.1, 0.15) is 0 Å². The second kappa shape index (κ2) is 15.1. The summed E-state index contributed by atoms with van der Waals surface area (Å²) in [6.45, 7) is 13.4. The van der Waals surface area contributed by atoms with Crippen molar-refractivity contribution in [1.29, 1.82) is 0 Å². The van der Waals surface area contributed by atoms with Gasteiger partial charge in [-0.05, 0) is 19.3 Å². The summed E-state index contributed by atoms with van der Waals surface area (Å²) in [7, 11) is 0. The molecule has 0 spiro atoms. The highest BCUT2D eigenvalue weighted by molar-refractivity contribution is 4.91. The molecular weight excluding hydrogens is 210 g/mol. The number of hydrogen-bond donors (Lipinski definition) is 0. The summed E-state index contributed by atoms with van der Waals surface area (Å²) < 4.78 is 1.95. The van der Waals surface area contributed by atoms with Gasteiger partial charge in [0.15, 0.2) is 0 Å². The number of hydrogen-bond acceptors (Lipinski definition) is 2. The SMILES string of the molecule is CC.CC.CCCCc1cn(CCCC)nn1. The molecule has 17 heavy (non-hydrogen) atoms. The zero-order valence-corrected chi connectivity index (χ0v) is 12.7. The van der Waals surface area contributed by atoms with Crippen molar-refractivity contribution in [3.05, 3.63) is 11.9 Å². The first kappa shape index (κ1) is 18.5. The quantitative estimate of drug-likeness (QED) is 0.735. The predicted molar refractivity (Wildman–Crippen MR) is 76.2 cm³/mol. The Labute approximate surface area is 108 Å². The van der Waals surface area contributed by atoms with Crippen LogP contribution in [0.5, 0.6) is 0 Å². The molecule has 0 aliphatic carbocycles. The molecule has 1 aromatic rings. The lowest BCUT2D eigenvalue weighted by atomic mass is 10.2. The zero-order chi connectivity index (χ0) is 13.5. The Balaban J connectivity index is 0. The number of aromatic nitrogens is 3. The standard InChI is InChI=1S/C10H19N3.2C2H6/c1-3-5-7-10-9-13(12-11-10)8-6-4-2;2*1-2/h9H,3-8H2,1-2H3;2*1-2H3. The van der Waals surface area contributed by atoms with Crippen LogP contribution in [0.25, 0.3) is 0 Å². The van der Waals surface area contributed by atoms with E-state index in [9.17, 15) is 0 Å². The molecular formula is C14H31N3. The lowest BCUT2D eigenvalue weighted by Crippen LogP contribution is -1.97. The summed E-state index contributed by atoms with van der Waals surface area (Å²) in [6.07, 6.45) is 7.99. The van der Waals surface area contributed by atoms with Crippen LogP contribution in [-0.4, -0.2) is 15.0 Å². The molecule has 0 amide bonds. The maximum absolute atomic E-state index is 4.12. The van der Waals surface area contributed by atoms with Crippen LogP contribution in [0.15, 0.2) is 6.20 Å². The predicted octanol–water partition coefficient (Wildman–Crippen LogP) is 4.47. The van der Waals surface area contributed by atoms with Crippen LogP contribution in [0.1, 0.15) is 72.9 Å². The average molecular weight is 241 g/mol. The van der Waals surface area contributed by atoms with Crippen LogP contribution in [0.3, 0.4) is 0 Å². The second-order valence-electron chi connectivity index (χ2n) is 3.43. The molecule has 0 fully saturated rings. The Morgan fingerprint density at radius 1 is 1.00 bits per heavy atom. The molecule has 1 rings (SSSR count). The molecule has 3 nitrogen and oxygen atoms in total. The highest BCUT2D eigenvalue weighted by Crippen LogP contribution is 2.01. The fraction of sp³-hybridized carbons (Fsp3) is 0.857. The average Bonchev–Trinajstić information content (AvgIpc) is 2.86. The fourth-order valence-electron chi connectivity index (χ4n) is 1.24. The molecule has 0 bridgehead atoms. The lowest BCUT2D eigenvalue weighted by Gasteiger charge is -1.95. The van der Waals surface area contributed by atoms with Gasteiger partial charge in [-0.1, -0.05) is 59.6 Å². The minimum atomic E-state index is 1.01. The first-order valence-electron chi connectivity index (χ1n) is 7.25. The van der Waals surface area contributed by atoms with Gasteiger partial charge in [-0.2, -0.15) is 0 Å². The minimum Gasteiger partial charge on any atom is -0.252 e. The topological polar surface area (TPSA) is 30.7 Å². The molecule has 0 N–H and O–H groups in total. The smallest absolute Gasteiger partial charge is 0.0827 e. The molecule has 0 aliphatic rings. The molecule has 0 saturated heterocycles. The Morgan fingerprint density at radius 2 is 1.59 bits per heavy atom. The van der Waals surface area contributed by atoms with Crippen molar-refractivity contribution in [3.63, 3.8) is 0 Å². The van der Waals surface area contributed by atoms with Gasteiger partial charge in [-0.15, -0.1) is 5.10 Å². The van der Waals surface area contributed by atoms with E-state index in [1.807, 2.05) is 32.4 Å². The Kier molecular flexibility index (Phi) is 16.5. The Hall–Kier alpha value is -0.860. The van der Waals surface area contributed by atoms with Gasteiger partial charge >= 0.3 is 0 Å². The molecule has 1 aromatic heterocycles. The van der Waals surface area contributed by atoms with E-state index in [1.54, 1.807) is 0 Å². The third-order valence-electron chi connectivity index (χ3n) is 2.11. The highest BCUT2D eigenvalue weighted by Gasteiger charge is 1.98. The van der Waals surface area contributed by atoms with Crippen molar-refractivity contribution in [2.75, 3.05) is 0 Å². The van der Waals surface area contributed by atoms with Gasteiger partial charge in [0.05, 0.1) is 5.69 Å². The van der Waals surface area contributed by atoms with Gasteiger partial charge in [-0.3, -0.25) is 4.68 Å². The maximum Gasteiger partial charge on any atom is 0.0827 e. The lowest BCUT2D eigenvalue weighted by molar-refractivity contribution is 0.553. The largest absolute Gasteiger partial charge is 0.252 e. The van der Waals surface area contributed by atoms with Gasteiger partial charge < -0.3 is 0 Å². The molecule has 102 valence electrons. The monoisotopic (exact) mass is 241 g/mol. The molecule has 0 saturated carbocycles. The van der Waals surface area contributed by atoms with Crippen LogP contribution >= 0.6 is 0 Å². The van der Waals surface area contributed by atoms with Crippen LogP contribution < -0.4 is 0 Å². The van der Waals surface area contributed by atoms with Gasteiger partial charge in [0.2, 0.25) is 0 Å². The van der Waals surface area contributed by atoms with Crippen molar-refractivity contribution in [2.24, 2.45) is 0 Å². The van der Waals surface area contributed by atoms with Crippen molar-refractivity contribution in [3.8, 4) is 0 Å². The third-order valence-corrected chi connectivity index (χ3v) is 2.11. The molecule has 0 aliphatic heterocycles. The second-order valence-corrected chi connectivity index (χ2v) is 3.43. The molecule has 1 heterocycles. The van der Waals surface area contributed by atoms with E-state index in [-0.39, 0.29) is 0 Å². The molecule has 0 aromatic carbocycles. The van der Waals surface area contributed by atoms with E-state index in [0.717, 1.165) is 18.7 Å². The van der Waals surface area contributed by atoms with E-state index in [2.05, 4.69) is 30.4 Å². The number of nitrogens with zero attached hydrogens (tertiary/aromatic N) is 3. The molecule has 0 radical (unpaired) electrons. The van der Waals surface area contributed by atoms with E-state index in [1.165, 1.54) is 25.7 Å². The number of aryl methyl sites for hydroxylation is 2. The van der Waals surface area contributed by atoms with Gasteiger partial charge in [0, 0.05) is 12.7 Å². The summed E-state index contributed by atoms with van der Waals surface area (Å²) in [5.74, 6) is 0. The van der Waals surface area contributed by atoms with Crippen LogP contribution in [0, 0.1) is 0 Å². The number of rotatable bonds is 6.